The van der Waals surface area contributed by atoms with Crippen molar-refractivity contribution in [3.8, 4) is 5.75 Å². The second kappa shape index (κ2) is 6.96. The fourth-order valence-electron chi connectivity index (χ4n) is 2.27. The summed E-state index contributed by atoms with van der Waals surface area (Å²) in [5, 5.41) is 2.80. The Balaban J connectivity index is 2.10. The van der Waals surface area contributed by atoms with Gasteiger partial charge in [0.15, 0.2) is 0 Å². The molecule has 0 spiro atoms. The molecule has 0 aliphatic carbocycles. The van der Waals surface area contributed by atoms with E-state index in [2.05, 4.69) is 5.32 Å². The number of ether oxygens (including phenoxy) is 1. The van der Waals surface area contributed by atoms with E-state index in [1.54, 1.807) is 31.4 Å². The number of hydrogen-bond donors (Lipinski definition) is 2. The summed E-state index contributed by atoms with van der Waals surface area (Å²) in [6.07, 6.45) is 0.210. The number of amides is 2. The number of methoxy groups -OCH3 is 1. The lowest BCUT2D eigenvalue weighted by Gasteiger charge is -2.12. The van der Waals surface area contributed by atoms with Gasteiger partial charge in [0.1, 0.15) is 5.75 Å². The van der Waals surface area contributed by atoms with Crippen molar-refractivity contribution in [1.29, 1.82) is 0 Å². The van der Waals surface area contributed by atoms with Gasteiger partial charge in [0.05, 0.1) is 13.5 Å². The molecule has 2 rings (SSSR count). The van der Waals surface area contributed by atoms with E-state index in [4.69, 9.17) is 10.5 Å². The van der Waals surface area contributed by atoms with E-state index in [0.29, 0.717) is 17.0 Å². The van der Waals surface area contributed by atoms with Crippen molar-refractivity contribution in [3.63, 3.8) is 0 Å². The number of aryl methyl sites for hydroxylation is 2. The predicted octanol–water partition coefficient (Wildman–Crippen LogP) is 2.59. The summed E-state index contributed by atoms with van der Waals surface area (Å²) in [5.41, 5.74) is 9.26. The maximum Gasteiger partial charge on any atom is 0.248 e. The van der Waals surface area contributed by atoms with Gasteiger partial charge in [-0.3, -0.25) is 9.59 Å². The van der Waals surface area contributed by atoms with Crippen LogP contribution in [-0.2, 0) is 11.2 Å². The van der Waals surface area contributed by atoms with Crippen LogP contribution in [0.1, 0.15) is 27.0 Å². The van der Waals surface area contributed by atoms with Crippen LogP contribution in [0.4, 0.5) is 5.69 Å². The first-order valence-electron chi connectivity index (χ1n) is 7.24. The van der Waals surface area contributed by atoms with E-state index in [-0.39, 0.29) is 12.3 Å². The Kier molecular flexibility index (Phi) is 5.01. The third kappa shape index (κ3) is 4.10. The van der Waals surface area contributed by atoms with Gasteiger partial charge >= 0.3 is 0 Å². The lowest BCUT2D eigenvalue weighted by Crippen LogP contribution is -2.16. The Morgan fingerprint density at radius 2 is 1.70 bits per heavy atom. The largest absolute Gasteiger partial charge is 0.496 e. The van der Waals surface area contributed by atoms with Crippen LogP contribution in [0.15, 0.2) is 36.4 Å². The van der Waals surface area contributed by atoms with Crippen LogP contribution in [0.5, 0.6) is 5.75 Å². The molecular formula is C18H20N2O3. The minimum Gasteiger partial charge on any atom is -0.496 e. The quantitative estimate of drug-likeness (QED) is 0.890. The van der Waals surface area contributed by atoms with Crippen molar-refractivity contribution >= 4 is 17.5 Å². The van der Waals surface area contributed by atoms with Gasteiger partial charge in [-0.2, -0.15) is 0 Å². The van der Waals surface area contributed by atoms with E-state index in [1.807, 2.05) is 26.0 Å². The zero-order valence-electron chi connectivity index (χ0n) is 13.5. The Bertz CT molecular complexity index is 737. The molecule has 0 fully saturated rings. The number of nitrogens with one attached hydrogen (secondary N) is 1. The zero-order valence-corrected chi connectivity index (χ0v) is 13.5. The molecular weight excluding hydrogens is 292 g/mol. The maximum atomic E-state index is 12.2. The first-order valence-corrected chi connectivity index (χ1v) is 7.24. The van der Waals surface area contributed by atoms with Crippen LogP contribution in [0, 0.1) is 13.8 Å². The van der Waals surface area contributed by atoms with Gasteiger partial charge in [-0.15, -0.1) is 0 Å². The van der Waals surface area contributed by atoms with Crippen LogP contribution in [0.25, 0.3) is 0 Å². The van der Waals surface area contributed by atoms with Gasteiger partial charge in [-0.25, -0.2) is 0 Å². The first kappa shape index (κ1) is 16.5. The van der Waals surface area contributed by atoms with Gasteiger partial charge in [0.2, 0.25) is 11.8 Å². The molecule has 0 saturated carbocycles. The summed E-state index contributed by atoms with van der Waals surface area (Å²) >= 11 is 0. The number of carbonyl (C=O) groups is 2. The molecule has 3 N–H and O–H groups in total. The van der Waals surface area contributed by atoms with Crippen molar-refractivity contribution in [3.05, 3.63) is 58.7 Å². The normalized spacial score (nSPS) is 10.2. The fraction of sp³-hybridized carbons (Fsp3) is 0.222. The second-order valence-electron chi connectivity index (χ2n) is 5.41. The standard InChI is InChI=1S/C18H20N2O3/c1-11-8-14(16(23-3)9-12(11)2)10-17(21)20-15-6-4-13(5-7-15)18(19)22/h4-9H,10H2,1-3H3,(H2,19,22)(H,20,21). The Morgan fingerprint density at radius 1 is 1.09 bits per heavy atom. The van der Waals surface area contributed by atoms with Crippen LogP contribution < -0.4 is 15.8 Å². The average molecular weight is 312 g/mol. The first-order chi connectivity index (χ1) is 10.9. The fourth-order valence-corrected chi connectivity index (χ4v) is 2.27. The number of benzene rings is 2. The number of carbonyl (C=O) groups excluding carboxylic acids is 2. The number of hydrogen-bond acceptors (Lipinski definition) is 3. The SMILES string of the molecule is COc1cc(C)c(C)cc1CC(=O)Nc1ccc(C(N)=O)cc1. The third-order valence-electron chi connectivity index (χ3n) is 3.70. The van der Waals surface area contributed by atoms with Crippen molar-refractivity contribution in [1.82, 2.24) is 0 Å². The average Bonchev–Trinajstić information content (AvgIpc) is 2.51. The summed E-state index contributed by atoms with van der Waals surface area (Å²) in [6, 6.07) is 10.3. The van der Waals surface area contributed by atoms with Gasteiger partial charge in [-0.1, -0.05) is 6.07 Å². The molecule has 0 aromatic heterocycles. The number of primary amides is 1. The molecule has 0 radical (unpaired) electrons. The summed E-state index contributed by atoms with van der Waals surface area (Å²) in [7, 11) is 1.59. The summed E-state index contributed by atoms with van der Waals surface area (Å²) in [6.45, 7) is 4.00. The van der Waals surface area contributed by atoms with E-state index in [1.165, 1.54) is 0 Å². The van der Waals surface area contributed by atoms with E-state index < -0.39 is 5.91 Å². The highest BCUT2D eigenvalue weighted by atomic mass is 16.5. The summed E-state index contributed by atoms with van der Waals surface area (Å²) in [4.78, 5) is 23.2. The highest BCUT2D eigenvalue weighted by Gasteiger charge is 2.11. The molecule has 5 nitrogen and oxygen atoms in total. The third-order valence-corrected chi connectivity index (χ3v) is 3.70. The molecule has 0 unspecified atom stereocenters. The minimum absolute atomic E-state index is 0.154. The molecule has 2 amide bonds. The smallest absolute Gasteiger partial charge is 0.248 e. The summed E-state index contributed by atoms with van der Waals surface area (Å²) in [5.74, 6) is 0.0495. The molecule has 23 heavy (non-hydrogen) atoms. The topological polar surface area (TPSA) is 81.4 Å². The number of rotatable bonds is 5. The van der Waals surface area contributed by atoms with Gasteiger partial charge < -0.3 is 15.8 Å². The second-order valence-corrected chi connectivity index (χ2v) is 5.41. The molecule has 0 bridgehead atoms. The molecule has 2 aromatic carbocycles. The van der Waals surface area contributed by atoms with E-state index in [0.717, 1.165) is 16.7 Å². The summed E-state index contributed by atoms with van der Waals surface area (Å²) < 4.78 is 5.34. The highest BCUT2D eigenvalue weighted by molar-refractivity contribution is 5.95. The molecule has 2 aromatic rings. The lowest BCUT2D eigenvalue weighted by molar-refractivity contribution is -0.115. The minimum atomic E-state index is -0.497. The molecule has 0 atom stereocenters. The van der Waals surface area contributed by atoms with Crippen LogP contribution in [0.3, 0.4) is 0 Å². The lowest BCUT2D eigenvalue weighted by atomic mass is 10.0. The molecule has 0 saturated heterocycles. The Hall–Kier alpha value is -2.82. The van der Waals surface area contributed by atoms with Crippen molar-refractivity contribution in [2.75, 3.05) is 12.4 Å². The van der Waals surface area contributed by atoms with Crippen molar-refractivity contribution < 1.29 is 14.3 Å². The molecule has 0 aliphatic rings. The Morgan fingerprint density at radius 3 is 2.26 bits per heavy atom. The van der Waals surface area contributed by atoms with Gasteiger partial charge in [-0.05, 0) is 55.3 Å². The number of anilines is 1. The monoisotopic (exact) mass is 312 g/mol. The number of nitrogens with two attached hydrogens (primary N) is 1. The Labute approximate surface area is 135 Å². The molecule has 0 aliphatic heterocycles. The van der Waals surface area contributed by atoms with Crippen LogP contribution in [-0.4, -0.2) is 18.9 Å². The maximum absolute atomic E-state index is 12.2. The van der Waals surface area contributed by atoms with Crippen molar-refractivity contribution in [2.24, 2.45) is 5.73 Å². The zero-order chi connectivity index (χ0) is 17.0. The molecule has 0 heterocycles. The van der Waals surface area contributed by atoms with Crippen LogP contribution in [0.2, 0.25) is 0 Å². The van der Waals surface area contributed by atoms with Gasteiger partial charge in [0, 0.05) is 16.8 Å². The van der Waals surface area contributed by atoms with Crippen LogP contribution >= 0.6 is 0 Å². The molecule has 5 heteroatoms. The van der Waals surface area contributed by atoms with Crippen molar-refractivity contribution in [2.45, 2.75) is 20.3 Å². The predicted molar refractivity (Wildman–Crippen MR) is 89.8 cm³/mol. The highest BCUT2D eigenvalue weighted by Crippen LogP contribution is 2.24. The van der Waals surface area contributed by atoms with Gasteiger partial charge in [0.25, 0.3) is 0 Å². The van der Waals surface area contributed by atoms with E-state index >= 15 is 0 Å². The van der Waals surface area contributed by atoms with E-state index in [9.17, 15) is 9.59 Å². The molecule has 120 valence electrons.